The molecule has 2 atom stereocenters. The van der Waals surface area contributed by atoms with E-state index in [9.17, 15) is 4.79 Å². The Morgan fingerprint density at radius 2 is 2.00 bits per heavy atom. The smallest absolute Gasteiger partial charge is 0.261 e. The highest BCUT2D eigenvalue weighted by Crippen LogP contribution is 2.32. The number of aryl methyl sites for hydroxylation is 1. The zero-order valence-electron chi connectivity index (χ0n) is 15.2. The van der Waals surface area contributed by atoms with Gasteiger partial charge >= 0.3 is 0 Å². The van der Waals surface area contributed by atoms with Crippen molar-refractivity contribution >= 4 is 10.9 Å². The molecule has 3 aromatic rings. The van der Waals surface area contributed by atoms with Crippen LogP contribution < -0.4 is 5.56 Å². The maximum atomic E-state index is 13.0. The molecule has 0 N–H and O–H groups in total. The van der Waals surface area contributed by atoms with E-state index in [2.05, 4.69) is 16.9 Å². The van der Waals surface area contributed by atoms with Gasteiger partial charge in [-0.3, -0.25) is 18.9 Å². The average Bonchev–Trinajstić information content (AvgIpc) is 3.10. The summed E-state index contributed by atoms with van der Waals surface area (Å²) < 4.78 is 3.86. The minimum Gasteiger partial charge on any atom is -0.294 e. The Bertz CT molecular complexity index is 1050. The van der Waals surface area contributed by atoms with Crippen molar-refractivity contribution in [3.63, 3.8) is 0 Å². The second kappa shape index (κ2) is 5.77. The van der Waals surface area contributed by atoms with Crippen LogP contribution in [0.5, 0.6) is 0 Å². The molecule has 4 heterocycles. The minimum atomic E-state index is 0.107. The van der Waals surface area contributed by atoms with Crippen molar-refractivity contribution in [1.29, 1.82) is 0 Å². The minimum absolute atomic E-state index is 0.107. The average molecular weight is 349 g/mol. The molecule has 6 nitrogen and oxygen atoms in total. The number of hydrogen-bond acceptors (Lipinski definition) is 4. The second-order valence-corrected chi connectivity index (χ2v) is 7.60. The van der Waals surface area contributed by atoms with Crippen molar-refractivity contribution in [2.45, 2.75) is 51.4 Å². The molecule has 0 aliphatic carbocycles. The molecule has 26 heavy (non-hydrogen) atoms. The summed E-state index contributed by atoms with van der Waals surface area (Å²) in [5.41, 5.74) is 3.42. The number of rotatable bonds is 2. The fourth-order valence-corrected chi connectivity index (χ4v) is 4.56. The normalized spacial score (nSPS) is 22.5. The van der Waals surface area contributed by atoms with E-state index in [1.807, 2.05) is 46.8 Å². The Morgan fingerprint density at radius 3 is 2.81 bits per heavy atom. The first-order chi connectivity index (χ1) is 12.6. The summed E-state index contributed by atoms with van der Waals surface area (Å²) >= 11 is 0. The highest BCUT2D eigenvalue weighted by Gasteiger charge is 2.38. The van der Waals surface area contributed by atoms with Gasteiger partial charge in [0.1, 0.15) is 5.82 Å². The van der Waals surface area contributed by atoms with Crippen LogP contribution in [-0.4, -0.2) is 36.3 Å². The van der Waals surface area contributed by atoms with Gasteiger partial charge in [-0.05, 0) is 31.9 Å². The highest BCUT2D eigenvalue weighted by atomic mass is 16.1. The van der Waals surface area contributed by atoms with Crippen LogP contribution in [0.4, 0.5) is 0 Å². The highest BCUT2D eigenvalue weighted by molar-refractivity contribution is 5.77. The van der Waals surface area contributed by atoms with E-state index in [0.29, 0.717) is 12.1 Å². The molecule has 0 radical (unpaired) electrons. The van der Waals surface area contributed by atoms with Gasteiger partial charge in [0.2, 0.25) is 0 Å². The number of aromatic nitrogens is 4. The first kappa shape index (κ1) is 15.8. The fourth-order valence-electron chi connectivity index (χ4n) is 4.56. The Morgan fingerprint density at radius 1 is 1.19 bits per heavy atom. The van der Waals surface area contributed by atoms with Gasteiger partial charge in [0.25, 0.3) is 5.56 Å². The lowest BCUT2D eigenvalue weighted by Crippen LogP contribution is -2.37. The van der Waals surface area contributed by atoms with E-state index < -0.39 is 0 Å². The van der Waals surface area contributed by atoms with Crippen LogP contribution in [0, 0.1) is 6.92 Å². The molecule has 0 spiro atoms. The summed E-state index contributed by atoms with van der Waals surface area (Å²) in [6, 6.07) is 8.53. The van der Waals surface area contributed by atoms with Crippen LogP contribution >= 0.6 is 0 Å². The first-order valence-corrected chi connectivity index (χ1v) is 9.33. The van der Waals surface area contributed by atoms with Gasteiger partial charge in [-0.2, -0.15) is 5.10 Å². The molecule has 2 aliphatic rings. The van der Waals surface area contributed by atoms with Gasteiger partial charge in [0.15, 0.2) is 0 Å². The van der Waals surface area contributed by atoms with Crippen molar-refractivity contribution in [1.82, 2.24) is 24.2 Å². The molecule has 2 aliphatic heterocycles. The zero-order valence-corrected chi connectivity index (χ0v) is 15.2. The molecule has 5 rings (SSSR count). The van der Waals surface area contributed by atoms with Crippen molar-refractivity contribution in [2.75, 3.05) is 0 Å². The van der Waals surface area contributed by atoms with Crippen LogP contribution in [0.25, 0.3) is 10.9 Å². The molecule has 1 fully saturated rings. The number of hydrogen-bond donors (Lipinski definition) is 0. The fraction of sp³-hybridized carbons (Fsp3) is 0.450. The van der Waals surface area contributed by atoms with Gasteiger partial charge in [-0.25, -0.2) is 4.98 Å². The van der Waals surface area contributed by atoms with Crippen LogP contribution in [0.15, 0.2) is 35.3 Å². The van der Waals surface area contributed by atoms with E-state index in [4.69, 9.17) is 4.98 Å². The topological polar surface area (TPSA) is 56.0 Å². The van der Waals surface area contributed by atoms with Gasteiger partial charge in [0, 0.05) is 49.9 Å². The number of benzene rings is 1. The number of nitrogens with zero attached hydrogens (tertiary/aromatic N) is 5. The second-order valence-electron chi connectivity index (χ2n) is 7.60. The van der Waals surface area contributed by atoms with Crippen molar-refractivity contribution < 1.29 is 0 Å². The molecule has 134 valence electrons. The Labute approximate surface area is 152 Å². The third-order valence-corrected chi connectivity index (χ3v) is 6.21. The predicted molar refractivity (Wildman–Crippen MR) is 100 cm³/mol. The molecular formula is C20H23N5O. The monoisotopic (exact) mass is 349 g/mol. The quantitative estimate of drug-likeness (QED) is 0.710. The van der Waals surface area contributed by atoms with Crippen molar-refractivity contribution in [2.24, 2.45) is 7.05 Å². The van der Waals surface area contributed by atoms with Crippen LogP contribution in [0.2, 0.25) is 0 Å². The van der Waals surface area contributed by atoms with E-state index in [1.54, 1.807) is 0 Å². The van der Waals surface area contributed by atoms with Crippen LogP contribution in [0.1, 0.15) is 29.9 Å². The van der Waals surface area contributed by atoms with Crippen LogP contribution in [-0.2, 0) is 26.6 Å². The van der Waals surface area contributed by atoms with E-state index in [-0.39, 0.29) is 5.56 Å². The Hall–Kier alpha value is -2.47. The van der Waals surface area contributed by atoms with Gasteiger partial charge in [0.05, 0.1) is 17.1 Å². The van der Waals surface area contributed by atoms with Crippen molar-refractivity contribution in [3.05, 3.63) is 57.9 Å². The zero-order chi connectivity index (χ0) is 17.8. The molecule has 2 aromatic heterocycles. The lowest BCUT2D eigenvalue weighted by Gasteiger charge is -2.27. The SMILES string of the molecule is Cc1c(CN2[C@@H]3CC[C@H]2Cc2nc4ccccc4c(=O)n2C3)cnn1C. The molecular weight excluding hydrogens is 326 g/mol. The van der Waals surface area contributed by atoms with Crippen LogP contribution in [0.3, 0.4) is 0 Å². The number of fused-ring (bicyclic) bond motifs is 4. The largest absolute Gasteiger partial charge is 0.294 e. The molecule has 0 unspecified atom stereocenters. The summed E-state index contributed by atoms with van der Waals surface area (Å²) in [5, 5.41) is 5.11. The summed E-state index contributed by atoms with van der Waals surface area (Å²) in [4.78, 5) is 20.4. The molecule has 6 heteroatoms. The lowest BCUT2D eigenvalue weighted by molar-refractivity contribution is 0.180. The molecule has 1 aromatic carbocycles. The van der Waals surface area contributed by atoms with E-state index in [1.165, 1.54) is 17.7 Å². The van der Waals surface area contributed by atoms with Gasteiger partial charge < -0.3 is 0 Å². The van der Waals surface area contributed by atoms with Gasteiger partial charge in [-0.15, -0.1) is 0 Å². The van der Waals surface area contributed by atoms with Crippen molar-refractivity contribution in [3.8, 4) is 0 Å². The van der Waals surface area contributed by atoms with E-state index in [0.717, 1.165) is 42.7 Å². The summed E-state index contributed by atoms with van der Waals surface area (Å²) in [6.07, 6.45) is 5.14. The Balaban J connectivity index is 1.54. The maximum Gasteiger partial charge on any atom is 0.261 e. The summed E-state index contributed by atoms with van der Waals surface area (Å²) in [7, 11) is 1.99. The predicted octanol–water partition coefficient (Wildman–Crippen LogP) is 2.03. The number of para-hydroxylation sites is 1. The molecule has 2 bridgehead atoms. The molecule has 0 saturated carbocycles. The van der Waals surface area contributed by atoms with Gasteiger partial charge in [-0.1, -0.05) is 12.1 Å². The molecule has 1 saturated heterocycles. The van der Waals surface area contributed by atoms with E-state index >= 15 is 0 Å². The third kappa shape index (κ3) is 2.32. The maximum absolute atomic E-state index is 13.0. The first-order valence-electron chi connectivity index (χ1n) is 9.33. The standard InChI is InChI=1S/C20H23N5O/c1-13-14(10-21-23(13)2)11-24-15-7-8-16(24)12-25-19(9-15)22-18-6-4-3-5-17(18)20(25)26/h3-6,10,15-16H,7-9,11-12H2,1-2H3/t15-,16+/m0/s1. The third-order valence-electron chi connectivity index (χ3n) is 6.21. The lowest BCUT2D eigenvalue weighted by atomic mass is 10.1. The summed E-state index contributed by atoms with van der Waals surface area (Å²) in [6.45, 7) is 3.76. The summed E-state index contributed by atoms with van der Waals surface area (Å²) in [5.74, 6) is 0.939. The molecule has 0 amide bonds. The Kier molecular flexibility index (Phi) is 3.50.